The molecule has 0 aliphatic carbocycles. The minimum Gasteiger partial charge on any atom is -0.297 e. The summed E-state index contributed by atoms with van der Waals surface area (Å²) in [5.74, 6) is 0.862. The molecule has 0 spiro atoms. The number of likely N-dealkylation sites (tertiary alicyclic amines) is 1. The molecular weight excluding hydrogens is 222 g/mol. The van der Waals surface area contributed by atoms with Crippen LogP contribution < -0.4 is 0 Å². The third-order valence-corrected chi connectivity index (χ3v) is 3.38. The van der Waals surface area contributed by atoms with Gasteiger partial charge in [-0.05, 0) is 50.4 Å². The summed E-state index contributed by atoms with van der Waals surface area (Å²) in [6, 6.07) is 3.77. The number of halogens is 1. The van der Waals surface area contributed by atoms with E-state index in [2.05, 4.69) is 22.0 Å². The van der Waals surface area contributed by atoms with E-state index in [1.165, 1.54) is 32.4 Å². The second kappa shape index (κ2) is 5.60. The van der Waals surface area contributed by atoms with Gasteiger partial charge >= 0.3 is 0 Å². The van der Waals surface area contributed by atoms with Gasteiger partial charge in [-0.25, -0.2) is 0 Å². The molecule has 0 N–H and O–H groups in total. The van der Waals surface area contributed by atoms with Gasteiger partial charge in [-0.15, -0.1) is 5.10 Å². The summed E-state index contributed by atoms with van der Waals surface area (Å²) in [7, 11) is 0. The van der Waals surface area contributed by atoms with Gasteiger partial charge in [0.1, 0.15) is 0 Å². The maximum Gasteiger partial charge on any atom is 0.151 e. The first-order valence-electron chi connectivity index (χ1n) is 5.94. The zero-order valence-corrected chi connectivity index (χ0v) is 10.5. The quantitative estimate of drug-likeness (QED) is 0.795. The van der Waals surface area contributed by atoms with Crippen LogP contribution in [0.5, 0.6) is 0 Å². The molecule has 0 aromatic carbocycles. The summed E-state index contributed by atoms with van der Waals surface area (Å²) in [5.41, 5.74) is 1.01. The van der Waals surface area contributed by atoms with Gasteiger partial charge in [-0.3, -0.25) is 4.90 Å². The van der Waals surface area contributed by atoms with Crippen molar-refractivity contribution in [1.29, 1.82) is 0 Å². The molecule has 1 aliphatic heterocycles. The average molecular weight is 240 g/mol. The Labute approximate surface area is 102 Å². The van der Waals surface area contributed by atoms with E-state index in [1.54, 1.807) is 0 Å². The molecule has 88 valence electrons. The second-order valence-electron chi connectivity index (χ2n) is 4.66. The lowest BCUT2D eigenvalue weighted by Crippen LogP contribution is -2.24. The zero-order valence-electron chi connectivity index (χ0n) is 9.69. The molecular formula is C12H18ClN3. The van der Waals surface area contributed by atoms with Crippen molar-refractivity contribution < 1.29 is 0 Å². The van der Waals surface area contributed by atoms with E-state index in [9.17, 15) is 0 Å². The van der Waals surface area contributed by atoms with Crippen molar-refractivity contribution in [2.75, 3.05) is 13.1 Å². The van der Waals surface area contributed by atoms with Crippen LogP contribution in [-0.2, 0) is 6.54 Å². The first-order valence-corrected chi connectivity index (χ1v) is 6.32. The van der Waals surface area contributed by atoms with E-state index in [4.69, 9.17) is 11.6 Å². The Morgan fingerprint density at radius 2 is 2.19 bits per heavy atom. The van der Waals surface area contributed by atoms with Crippen molar-refractivity contribution in [3.63, 3.8) is 0 Å². The smallest absolute Gasteiger partial charge is 0.151 e. The summed E-state index contributed by atoms with van der Waals surface area (Å²) in [4.78, 5) is 2.46. The molecule has 1 aliphatic rings. The van der Waals surface area contributed by atoms with E-state index >= 15 is 0 Å². The number of rotatable bonds is 2. The first-order chi connectivity index (χ1) is 7.74. The van der Waals surface area contributed by atoms with Crippen LogP contribution in [0.2, 0.25) is 5.15 Å². The largest absolute Gasteiger partial charge is 0.297 e. The Balaban J connectivity index is 1.91. The maximum atomic E-state index is 5.71. The molecule has 1 saturated heterocycles. The van der Waals surface area contributed by atoms with Crippen LogP contribution in [0.4, 0.5) is 0 Å². The molecule has 16 heavy (non-hydrogen) atoms. The summed E-state index contributed by atoms with van der Waals surface area (Å²) >= 11 is 5.71. The fraction of sp³-hybridized carbons (Fsp3) is 0.667. The van der Waals surface area contributed by atoms with Crippen LogP contribution in [0.15, 0.2) is 12.1 Å². The van der Waals surface area contributed by atoms with Gasteiger partial charge in [0.25, 0.3) is 0 Å². The SMILES string of the molecule is CC1CCCN(Cc2ccc(Cl)nn2)CC1. The Morgan fingerprint density at radius 3 is 2.94 bits per heavy atom. The summed E-state index contributed by atoms with van der Waals surface area (Å²) in [5, 5.41) is 8.44. The van der Waals surface area contributed by atoms with Gasteiger partial charge < -0.3 is 0 Å². The topological polar surface area (TPSA) is 29.0 Å². The van der Waals surface area contributed by atoms with E-state index < -0.39 is 0 Å². The van der Waals surface area contributed by atoms with Crippen LogP contribution in [-0.4, -0.2) is 28.2 Å². The second-order valence-corrected chi connectivity index (χ2v) is 5.05. The van der Waals surface area contributed by atoms with Gasteiger partial charge in [0, 0.05) is 6.54 Å². The molecule has 0 bridgehead atoms. The van der Waals surface area contributed by atoms with Gasteiger partial charge in [-0.2, -0.15) is 5.10 Å². The summed E-state index contributed by atoms with van der Waals surface area (Å²) in [6.45, 7) is 5.59. The average Bonchev–Trinajstić information content (AvgIpc) is 2.47. The predicted molar refractivity (Wildman–Crippen MR) is 65.3 cm³/mol. The standard InChI is InChI=1S/C12H18ClN3/c1-10-3-2-7-16(8-6-10)9-11-4-5-12(13)15-14-11/h4-5,10H,2-3,6-9H2,1H3. The molecule has 1 unspecified atom stereocenters. The Hall–Kier alpha value is -0.670. The van der Waals surface area contributed by atoms with Crippen LogP contribution >= 0.6 is 11.6 Å². The highest BCUT2D eigenvalue weighted by Gasteiger charge is 2.14. The fourth-order valence-electron chi connectivity index (χ4n) is 2.14. The van der Waals surface area contributed by atoms with Crippen molar-refractivity contribution >= 4 is 11.6 Å². The molecule has 0 amide bonds. The lowest BCUT2D eigenvalue weighted by molar-refractivity contribution is 0.269. The van der Waals surface area contributed by atoms with Crippen molar-refractivity contribution in [3.8, 4) is 0 Å². The Bertz CT molecular complexity index is 326. The van der Waals surface area contributed by atoms with Crippen molar-refractivity contribution in [2.45, 2.75) is 32.7 Å². The van der Waals surface area contributed by atoms with Crippen molar-refractivity contribution in [1.82, 2.24) is 15.1 Å². The lowest BCUT2D eigenvalue weighted by Gasteiger charge is -2.18. The van der Waals surface area contributed by atoms with Crippen molar-refractivity contribution in [3.05, 3.63) is 23.0 Å². The van der Waals surface area contributed by atoms with Crippen LogP contribution in [0.3, 0.4) is 0 Å². The highest BCUT2D eigenvalue weighted by molar-refractivity contribution is 6.29. The molecule has 1 atom stereocenters. The van der Waals surface area contributed by atoms with Crippen LogP contribution in [0, 0.1) is 5.92 Å². The monoisotopic (exact) mass is 239 g/mol. The van der Waals surface area contributed by atoms with Crippen LogP contribution in [0.25, 0.3) is 0 Å². The summed E-state index contributed by atoms with van der Waals surface area (Å²) < 4.78 is 0. The molecule has 1 fully saturated rings. The Kier molecular flexibility index (Phi) is 4.13. The first kappa shape index (κ1) is 11.8. The van der Waals surface area contributed by atoms with Gasteiger partial charge in [0.2, 0.25) is 0 Å². The number of hydrogen-bond donors (Lipinski definition) is 0. The third-order valence-electron chi connectivity index (χ3n) is 3.18. The fourth-order valence-corrected chi connectivity index (χ4v) is 2.24. The number of hydrogen-bond acceptors (Lipinski definition) is 3. The highest BCUT2D eigenvalue weighted by atomic mass is 35.5. The molecule has 2 heterocycles. The van der Waals surface area contributed by atoms with E-state index in [0.717, 1.165) is 18.2 Å². The molecule has 0 saturated carbocycles. The zero-order chi connectivity index (χ0) is 11.4. The van der Waals surface area contributed by atoms with E-state index in [0.29, 0.717) is 5.15 Å². The van der Waals surface area contributed by atoms with Crippen LogP contribution in [0.1, 0.15) is 31.9 Å². The molecule has 2 rings (SSSR count). The molecule has 3 nitrogen and oxygen atoms in total. The maximum absolute atomic E-state index is 5.71. The number of aromatic nitrogens is 2. The predicted octanol–water partition coefficient (Wildman–Crippen LogP) is 2.75. The van der Waals surface area contributed by atoms with Crippen molar-refractivity contribution in [2.24, 2.45) is 5.92 Å². The summed E-state index contributed by atoms with van der Waals surface area (Å²) in [6.07, 6.45) is 3.94. The van der Waals surface area contributed by atoms with Gasteiger partial charge in [0.15, 0.2) is 5.15 Å². The molecule has 0 radical (unpaired) electrons. The molecule has 4 heteroatoms. The minimum absolute atomic E-state index is 0.466. The molecule has 1 aromatic heterocycles. The van der Waals surface area contributed by atoms with E-state index in [-0.39, 0.29) is 0 Å². The third kappa shape index (κ3) is 3.42. The van der Waals surface area contributed by atoms with Gasteiger partial charge in [-0.1, -0.05) is 18.5 Å². The Morgan fingerprint density at radius 1 is 1.31 bits per heavy atom. The molecule has 1 aromatic rings. The highest BCUT2D eigenvalue weighted by Crippen LogP contribution is 2.17. The minimum atomic E-state index is 0.466. The lowest BCUT2D eigenvalue weighted by atomic mass is 10.0. The van der Waals surface area contributed by atoms with E-state index in [1.807, 2.05) is 12.1 Å². The normalized spacial score (nSPS) is 23.0. The van der Waals surface area contributed by atoms with Gasteiger partial charge in [0.05, 0.1) is 5.69 Å². The number of nitrogens with zero attached hydrogens (tertiary/aromatic N) is 3.